The molecule has 9 nitrogen and oxygen atoms in total. The standard InChI is InChI=1S/C20H28N2O7/c1-19(2,3)29-18(25)22-20(8-7-9-20)17(24)21-12-10-13(26-4)15(16(23)28-6)14(11-12)27-5/h10-11H,7-9H2,1-6H3,(H,21,24)(H,22,25). The molecule has 0 heterocycles. The molecule has 0 spiro atoms. The van der Waals surface area contributed by atoms with Crippen LogP contribution in [0.4, 0.5) is 10.5 Å². The van der Waals surface area contributed by atoms with Gasteiger partial charge in [-0.2, -0.15) is 0 Å². The van der Waals surface area contributed by atoms with Gasteiger partial charge in [-0.1, -0.05) is 0 Å². The van der Waals surface area contributed by atoms with E-state index in [4.69, 9.17) is 18.9 Å². The minimum atomic E-state index is -1.05. The van der Waals surface area contributed by atoms with Gasteiger partial charge in [-0.15, -0.1) is 0 Å². The third-order valence-corrected chi connectivity index (χ3v) is 4.54. The Bertz CT molecular complexity index is 770. The van der Waals surface area contributed by atoms with E-state index in [2.05, 4.69) is 10.6 Å². The molecular weight excluding hydrogens is 380 g/mol. The Labute approximate surface area is 170 Å². The Morgan fingerprint density at radius 3 is 1.93 bits per heavy atom. The predicted octanol–water partition coefficient (Wildman–Crippen LogP) is 2.88. The number of ether oxygens (including phenoxy) is 4. The van der Waals surface area contributed by atoms with Gasteiger partial charge in [-0.05, 0) is 40.0 Å². The highest BCUT2D eigenvalue weighted by atomic mass is 16.6. The summed E-state index contributed by atoms with van der Waals surface area (Å²) in [5.74, 6) is -0.633. The number of benzene rings is 1. The van der Waals surface area contributed by atoms with Crippen molar-refractivity contribution in [3.05, 3.63) is 17.7 Å². The number of rotatable bonds is 6. The van der Waals surface area contributed by atoms with Crippen LogP contribution in [-0.4, -0.2) is 50.4 Å². The maximum atomic E-state index is 12.9. The number of alkyl carbamates (subject to hydrolysis) is 1. The fraction of sp³-hybridized carbons (Fsp3) is 0.550. The third kappa shape index (κ3) is 5.10. The lowest BCUT2D eigenvalue weighted by Crippen LogP contribution is -2.61. The highest BCUT2D eigenvalue weighted by Crippen LogP contribution is 2.36. The van der Waals surface area contributed by atoms with E-state index in [0.717, 1.165) is 6.42 Å². The van der Waals surface area contributed by atoms with Crippen LogP contribution < -0.4 is 20.1 Å². The summed E-state index contributed by atoms with van der Waals surface area (Å²) in [5.41, 5.74) is -1.26. The smallest absolute Gasteiger partial charge is 0.408 e. The summed E-state index contributed by atoms with van der Waals surface area (Å²) in [6.45, 7) is 5.25. The van der Waals surface area contributed by atoms with Gasteiger partial charge in [0.1, 0.15) is 28.2 Å². The summed E-state index contributed by atoms with van der Waals surface area (Å²) >= 11 is 0. The largest absolute Gasteiger partial charge is 0.496 e. The molecule has 1 saturated carbocycles. The molecule has 0 aliphatic heterocycles. The molecule has 9 heteroatoms. The molecular formula is C20H28N2O7. The molecule has 0 bridgehead atoms. The van der Waals surface area contributed by atoms with Crippen molar-refractivity contribution in [1.82, 2.24) is 5.32 Å². The van der Waals surface area contributed by atoms with Crippen molar-refractivity contribution in [2.24, 2.45) is 0 Å². The Kier molecular flexibility index (Phi) is 6.61. The van der Waals surface area contributed by atoms with Gasteiger partial charge in [-0.3, -0.25) is 4.79 Å². The lowest BCUT2D eigenvalue weighted by Gasteiger charge is -2.40. The van der Waals surface area contributed by atoms with Gasteiger partial charge >= 0.3 is 12.1 Å². The maximum absolute atomic E-state index is 12.9. The average molecular weight is 408 g/mol. The van der Waals surface area contributed by atoms with Crippen molar-refractivity contribution in [3.63, 3.8) is 0 Å². The van der Waals surface area contributed by atoms with Gasteiger partial charge in [-0.25, -0.2) is 9.59 Å². The van der Waals surface area contributed by atoms with E-state index in [9.17, 15) is 14.4 Å². The maximum Gasteiger partial charge on any atom is 0.408 e. The first-order valence-electron chi connectivity index (χ1n) is 9.22. The van der Waals surface area contributed by atoms with E-state index in [-0.39, 0.29) is 23.0 Å². The highest BCUT2D eigenvalue weighted by Gasteiger charge is 2.46. The van der Waals surface area contributed by atoms with Crippen molar-refractivity contribution >= 4 is 23.7 Å². The van der Waals surface area contributed by atoms with Crippen LogP contribution in [0.1, 0.15) is 50.4 Å². The summed E-state index contributed by atoms with van der Waals surface area (Å²) in [6.07, 6.45) is 1.14. The fourth-order valence-electron chi connectivity index (χ4n) is 2.98. The number of esters is 1. The number of nitrogens with one attached hydrogen (secondary N) is 2. The molecule has 1 aromatic rings. The van der Waals surface area contributed by atoms with Gasteiger partial charge < -0.3 is 29.6 Å². The zero-order valence-electron chi connectivity index (χ0n) is 17.6. The van der Waals surface area contributed by atoms with E-state index in [1.165, 1.54) is 33.5 Å². The zero-order valence-corrected chi connectivity index (χ0v) is 17.6. The molecule has 0 unspecified atom stereocenters. The van der Waals surface area contributed by atoms with Crippen LogP contribution in [0.15, 0.2) is 12.1 Å². The van der Waals surface area contributed by atoms with Crippen molar-refractivity contribution in [3.8, 4) is 11.5 Å². The van der Waals surface area contributed by atoms with Crippen LogP contribution >= 0.6 is 0 Å². The first kappa shape index (κ1) is 22.3. The van der Waals surface area contributed by atoms with Gasteiger partial charge in [0.05, 0.1) is 21.3 Å². The second-order valence-corrected chi connectivity index (χ2v) is 7.76. The molecule has 2 rings (SSSR count). The molecule has 0 radical (unpaired) electrons. The quantitative estimate of drug-likeness (QED) is 0.696. The van der Waals surface area contributed by atoms with Crippen molar-refractivity contribution in [2.75, 3.05) is 26.6 Å². The summed E-state index contributed by atoms with van der Waals surface area (Å²) in [7, 11) is 4.04. The van der Waals surface area contributed by atoms with E-state index < -0.39 is 23.2 Å². The first-order valence-corrected chi connectivity index (χ1v) is 9.22. The predicted molar refractivity (Wildman–Crippen MR) is 105 cm³/mol. The zero-order chi connectivity index (χ0) is 21.8. The normalized spacial score (nSPS) is 14.8. The minimum Gasteiger partial charge on any atom is -0.496 e. The molecule has 29 heavy (non-hydrogen) atoms. The average Bonchev–Trinajstić information content (AvgIpc) is 2.61. The van der Waals surface area contributed by atoms with E-state index in [1.54, 1.807) is 20.8 Å². The van der Waals surface area contributed by atoms with E-state index in [1.807, 2.05) is 0 Å². The summed E-state index contributed by atoms with van der Waals surface area (Å²) < 4.78 is 20.5. The minimum absolute atomic E-state index is 0.112. The molecule has 1 fully saturated rings. The summed E-state index contributed by atoms with van der Waals surface area (Å²) in [4.78, 5) is 37.1. The van der Waals surface area contributed by atoms with Crippen molar-refractivity contribution in [2.45, 2.75) is 51.2 Å². The molecule has 1 aliphatic carbocycles. The summed E-state index contributed by atoms with van der Waals surface area (Å²) in [5, 5.41) is 5.46. The first-order chi connectivity index (χ1) is 13.5. The van der Waals surface area contributed by atoms with Gasteiger partial charge in [0, 0.05) is 17.8 Å². The second-order valence-electron chi connectivity index (χ2n) is 7.76. The van der Waals surface area contributed by atoms with Crippen molar-refractivity contribution in [1.29, 1.82) is 0 Å². The Hall–Kier alpha value is -2.97. The van der Waals surface area contributed by atoms with E-state index >= 15 is 0 Å². The van der Waals surface area contributed by atoms with Crippen LogP contribution in [-0.2, 0) is 14.3 Å². The van der Waals surface area contributed by atoms with Crippen molar-refractivity contribution < 1.29 is 33.3 Å². The Morgan fingerprint density at radius 1 is 1.00 bits per heavy atom. The third-order valence-electron chi connectivity index (χ3n) is 4.54. The number of carbonyl (C=O) groups is 3. The lowest BCUT2D eigenvalue weighted by molar-refractivity contribution is -0.125. The topological polar surface area (TPSA) is 112 Å². The SMILES string of the molecule is COC(=O)c1c(OC)cc(NC(=O)C2(NC(=O)OC(C)(C)C)CCC2)cc1OC. The van der Waals surface area contributed by atoms with Gasteiger partial charge in [0.25, 0.3) is 0 Å². The van der Waals surface area contributed by atoms with E-state index in [0.29, 0.717) is 18.5 Å². The molecule has 2 N–H and O–H groups in total. The monoisotopic (exact) mass is 408 g/mol. The molecule has 0 atom stereocenters. The second kappa shape index (κ2) is 8.59. The fourth-order valence-corrected chi connectivity index (χ4v) is 2.98. The molecule has 1 aliphatic rings. The summed E-state index contributed by atoms with van der Waals surface area (Å²) in [6, 6.07) is 2.99. The molecule has 0 aromatic heterocycles. The van der Waals surface area contributed by atoms with Gasteiger partial charge in [0.15, 0.2) is 0 Å². The molecule has 1 aromatic carbocycles. The molecule has 160 valence electrons. The number of anilines is 1. The molecule has 2 amide bonds. The van der Waals surface area contributed by atoms with Gasteiger partial charge in [0.2, 0.25) is 5.91 Å². The number of hydrogen-bond acceptors (Lipinski definition) is 7. The number of amides is 2. The Morgan fingerprint density at radius 2 is 1.55 bits per heavy atom. The van der Waals surface area contributed by atoms with Crippen LogP contribution in [0, 0.1) is 0 Å². The van der Waals surface area contributed by atoms with Crippen LogP contribution in [0.3, 0.4) is 0 Å². The Balaban J connectivity index is 2.24. The number of carbonyl (C=O) groups excluding carboxylic acids is 3. The molecule has 0 saturated heterocycles. The number of methoxy groups -OCH3 is 3. The highest BCUT2D eigenvalue weighted by molar-refractivity contribution is 6.02. The van der Waals surface area contributed by atoms with Crippen LogP contribution in [0.25, 0.3) is 0 Å². The van der Waals surface area contributed by atoms with Crippen LogP contribution in [0.2, 0.25) is 0 Å². The van der Waals surface area contributed by atoms with Crippen LogP contribution in [0.5, 0.6) is 11.5 Å². The number of hydrogen-bond donors (Lipinski definition) is 2. The lowest BCUT2D eigenvalue weighted by atomic mass is 9.76.